The second-order valence-corrected chi connectivity index (χ2v) is 8.76. The third-order valence-electron chi connectivity index (χ3n) is 6.67. The molecule has 0 aliphatic carbocycles. The Morgan fingerprint density at radius 1 is 1.17 bits per heavy atom. The van der Waals surface area contributed by atoms with E-state index in [2.05, 4.69) is 40.3 Å². The van der Waals surface area contributed by atoms with E-state index < -0.39 is 6.29 Å². The molecule has 1 aromatic carbocycles. The average molecular weight is 402 g/mol. The van der Waals surface area contributed by atoms with Gasteiger partial charge in [0.15, 0.2) is 0 Å². The summed E-state index contributed by atoms with van der Waals surface area (Å²) in [5.74, 6) is 1.46. The summed E-state index contributed by atoms with van der Waals surface area (Å²) in [6.45, 7) is 5.30. The third kappa shape index (κ3) is 2.99. The number of aryl methyl sites for hydroxylation is 1. The maximum atomic E-state index is 10.7. The Hall–Kier alpha value is -2.83. The minimum absolute atomic E-state index is 0.589. The van der Waals surface area contributed by atoms with Gasteiger partial charge in [0.2, 0.25) is 6.29 Å². The number of nitrogens with one attached hydrogen (secondary N) is 1. The van der Waals surface area contributed by atoms with E-state index in [4.69, 9.17) is 4.74 Å². The molecule has 6 nitrogen and oxygen atoms in total. The van der Waals surface area contributed by atoms with Crippen LogP contribution in [0.4, 0.5) is 5.69 Å². The predicted octanol–water partition coefficient (Wildman–Crippen LogP) is 3.08. The number of benzene rings is 1. The minimum atomic E-state index is -1.03. The number of pyridine rings is 1. The van der Waals surface area contributed by atoms with Crippen molar-refractivity contribution in [2.45, 2.75) is 32.1 Å². The molecule has 0 radical (unpaired) electrons. The van der Waals surface area contributed by atoms with Gasteiger partial charge in [0.25, 0.3) is 0 Å². The van der Waals surface area contributed by atoms with Crippen LogP contribution >= 0.6 is 0 Å². The van der Waals surface area contributed by atoms with Gasteiger partial charge in [-0.3, -0.25) is 0 Å². The lowest BCUT2D eigenvalue weighted by Gasteiger charge is -2.25. The van der Waals surface area contributed by atoms with Crippen LogP contribution in [0.2, 0.25) is 0 Å². The Morgan fingerprint density at radius 3 is 3.00 bits per heavy atom. The Morgan fingerprint density at radius 2 is 2.10 bits per heavy atom. The molecule has 0 saturated carbocycles. The van der Waals surface area contributed by atoms with E-state index in [1.807, 2.05) is 35.0 Å². The van der Waals surface area contributed by atoms with Crippen LogP contribution in [0.3, 0.4) is 0 Å². The fraction of sp³-hybridized carbons (Fsp3) is 0.375. The molecule has 0 amide bonds. The molecule has 0 bridgehead atoms. The number of hydrogen-bond donors (Lipinski definition) is 2. The first kappa shape index (κ1) is 18.0. The highest BCUT2D eigenvalue weighted by Crippen LogP contribution is 2.37. The Kier molecular flexibility index (Phi) is 4.11. The highest BCUT2D eigenvalue weighted by atomic mass is 16.6. The highest BCUT2D eigenvalue weighted by Gasteiger charge is 2.34. The second-order valence-electron chi connectivity index (χ2n) is 8.76. The molecule has 3 aliphatic heterocycles. The van der Waals surface area contributed by atoms with E-state index in [1.165, 1.54) is 12.8 Å². The first-order valence-corrected chi connectivity index (χ1v) is 10.8. The van der Waals surface area contributed by atoms with Crippen molar-refractivity contribution in [3.05, 3.63) is 59.5 Å². The largest absolute Gasteiger partial charge is 0.460 e. The van der Waals surface area contributed by atoms with Gasteiger partial charge in [-0.15, -0.1) is 0 Å². The quantitative estimate of drug-likeness (QED) is 0.690. The number of aliphatic hydroxyl groups is 1. The van der Waals surface area contributed by atoms with E-state index >= 15 is 0 Å². The number of rotatable bonds is 2. The fourth-order valence-corrected chi connectivity index (χ4v) is 5.06. The van der Waals surface area contributed by atoms with Crippen molar-refractivity contribution >= 4 is 23.0 Å². The molecule has 3 aliphatic rings. The lowest BCUT2D eigenvalue weighted by Crippen LogP contribution is -2.40. The van der Waals surface area contributed by atoms with E-state index in [9.17, 15) is 5.11 Å². The standard InChI is InChI=1S/C24H26N4O2/c1-15-4-7-23-26-21(14-28(23)11-15)19-9-16-5-6-18(10-22(16)30-24(19)29)27-12-17-3-2-8-25-20(17)13-27/h4-7,9-11,14,17,20,24-25,29H,2-3,8,12-13H2,1H3. The van der Waals surface area contributed by atoms with Crippen LogP contribution in [0.5, 0.6) is 5.75 Å². The van der Waals surface area contributed by atoms with Gasteiger partial charge < -0.3 is 24.5 Å². The molecule has 2 aromatic heterocycles. The zero-order chi connectivity index (χ0) is 20.2. The van der Waals surface area contributed by atoms with Crippen molar-refractivity contribution in [2.24, 2.45) is 5.92 Å². The highest BCUT2D eigenvalue weighted by molar-refractivity contribution is 5.86. The molecule has 2 N–H and O–H groups in total. The molecule has 5 heterocycles. The normalized spacial score (nSPS) is 25.6. The van der Waals surface area contributed by atoms with Gasteiger partial charge >= 0.3 is 0 Å². The average Bonchev–Trinajstić information content (AvgIpc) is 3.36. The molecule has 2 fully saturated rings. The zero-order valence-corrected chi connectivity index (χ0v) is 17.1. The summed E-state index contributed by atoms with van der Waals surface area (Å²) >= 11 is 0. The SMILES string of the molecule is Cc1ccc2nc(C3=Cc4ccc(N5CC6CCCNC6C5)cc4OC3O)cn2c1. The van der Waals surface area contributed by atoms with Crippen LogP contribution in [0.25, 0.3) is 17.3 Å². The fourth-order valence-electron chi connectivity index (χ4n) is 5.06. The molecule has 6 heteroatoms. The number of hydrogen-bond acceptors (Lipinski definition) is 5. The van der Waals surface area contributed by atoms with Gasteiger partial charge in [-0.25, -0.2) is 4.98 Å². The van der Waals surface area contributed by atoms with Crippen LogP contribution in [0.15, 0.2) is 42.7 Å². The van der Waals surface area contributed by atoms with Gasteiger partial charge in [0.1, 0.15) is 11.4 Å². The number of fused-ring (bicyclic) bond motifs is 3. The molecule has 3 atom stereocenters. The smallest absolute Gasteiger partial charge is 0.226 e. The summed E-state index contributed by atoms with van der Waals surface area (Å²) in [5.41, 5.74) is 5.58. The van der Waals surface area contributed by atoms with Gasteiger partial charge in [-0.1, -0.05) is 6.07 Å². The first-order chi connectivity index (χ1) is 14.6. The summed E-state index contributed by atoms with van der Waals surface area (Å²) in [6, 6.07) is 10.9. The first-order valence-electron chi connectivity index (χ1n) is 10.8. The van der Waals surface area contributed by atoms with Crippen molar-refractivity contribution in [3.63, 3.8) is 0 Å². The van der Waals surface area contributed by atoms with Crippen LogP contribution in [0, 0.1) is 12.8 Å². The van der Waals surface area contributed by atoms with E-state index in [0.717, 1.165) is 59.5 Å². The summed E-state index contributed by atoms with van der Waals surface area (Å²) in [6.07, 6.45) is 7.52. The van der Waals surface area contributed by atoms with Gasteiger partial charge in [0.05, 0.1) is 5.69 Å². The molecular formula is C24H26N4O2. The maximum absolute atomic E-state index is 10.7. The van der Waals surface area contributed by atoms with Crippen molar-refractivity contribution in [1.29, 1.82) is 0 Å². The lowest BCUT2D eigenvalue weighted by molar-refractivity contribution is 0.0318. The monoisotopic (exact) mass is 402 g/mol. The Balaban J connectivity index is 1.31. The summed E-state index contributed by atoms with van der Waals surface area (Å²) in [5, 5.41) is 14.4. The molecule has 3 unspecified atom stereocenters. The van der Waals surface area contributed by atoms with Crippen molar-refractivity contribution in [2.75, 3.05) is 24.5 Å². The number of anilines is 1. The molecule has 30 heavy (non-hydrogen) atoms. The molecular weight excluding hydrogens is 376 g/mol. The maximum Gasteiger partial charge on any atom is 0.226 e. The summed E-state index contributed by atoms with van der Waals surface area (Å²) < 4.78 is 7.92. The summed E-state index contributed by atoms with van der Waals surface area (Å²) in [7, 11) is 0. The van der Waals surface area contributed by atoms with E-state index in [-0.39, 0.29) is 0 Å². The Bertz CT molecular complexity index is 1140. The number of nitrogens with zero attached hydrogens (tertiary/aromatic N) is 3. The molecule has 2 saturated heterocycles. The molecule has 6 rings (SSSR count). The van der Waals surface area contributed by atoms with E-state index in [0.29, 0.717) is 11.6 Å². The lowest BCUT2D eigenvalue weighted by atomic mass is 9.94. The van der Waals surface area contributed by atoms with Crippen LogP contribution in [-0.4, -0.2) is 46.5 Å². The number of ether oxygens (including phenoxy) is 1. The molecule has 0 spiro atoms. The third-order valence-corrected chi connectivity index (χ3v) is 6.67. The van der Waals surface area contributed by atoms with Gasteiger partial charge in [0, 0.05) is 54.4 Å². The number of aliphatic hydroxyl groups excluding tert-OH is 1. The van der Waals surface area contributed by atoms with Crippen molar-refractivity contribution in [3.8, 4) is 5.75 Å². The Labute approximate surface area is 175 Å². The summed E-state index contributed by atoms with van der Waals surface area (Å²) in [4.78, 5) is 7.10. The van der Waals surface area contributed by atoms with Crippen LogP contribution in [-0.2, 0) is 0 Å². The molecule has 3 aromatic rings. The zero-order valence-electron chi connectivity index (χ0n) is 17.1. The number of piperidine rings is 1. The van der Waals surface area contributed by atoms with Crippen LogP contribution < -0.4 is 15.0 Å². The second kappa shape index (κ2) is 6.86. The van der Waals surface area contributed by atoms with Gasteiger partial charge in [-0.05, 0) is 62.1 Å². The van der Waals surface area contributed by atoms with E-state index in [1.54, 1.807) is 0 Å². The van der Waals surface area contributed by atoms with Crippen molar-refractivity contribution < 1.29 is 9.84 Å². The van der Waals surface area contributed by atoms with Crippen molar-refractivity contribution in [1.82, 2.24) is 14.7 Å². The van der Waals surface area contributed by atoms with Gasteiger partial charge in [-0.2, -0.15) is 0 Å². The minimum Gasteiger partial charge on any atom is -0.460 e. The molecule has 154 valence electrons. The topological polar surface area (TPSA) is 62.0 Å². The predicted molar refractivity (Wildman–Crippen MR) is 118 cm³/mol. The van der Waals surface area contributed by atoms with Crippen LogP contribution in [0.1, 0.15) is 29.7 Å². The number of aromatic nitrogens is 2. The number of imidazole rings is 1.